The van der Waals surface area contributed by atoms with Crippen LogP contribution in [-0.4, -0.2) is 59.1 Å². The van der Waals surface area contributed by atoms with Gasteiger partial charge in [-0.25, -0.2) is 0 Å². The van der Waals surface area contributed by atoms with E-state index in [9.17, 15) is 18.0 Å². The minimum absolute atomic E-state index is 0.0551. The highest BCUT2D eigenvalue weighted by Gasteiger charge is 2.30. The molecule has 1 amide bonds. The molecule has 10 heteroatoms. The van der Waals surface area contributed by atoms with Crippen molar-refractivity contribution in [1.29, 1.82) is 0 Å². The van der Waals surface area contributed by atoms with E-state index in [1.54, 1.807) is 30.9 Å². The van der Waals surface area contributed by atoms with Crippen LogP contribution >= 0.6 is 0 Å². The first kappa shape index (κ1) is 26.9. The Labute approximate surface area is 226 Å². The molecule has 3 aromatic rings. The van der Waals surface area contributed by atoms with Crippen LogP contribution in [0.15, 0.2) is 67.3 Å². The minimum Gasteiger partial charge on any atom is -0.489 e. The molecule has 0 atom stereocenters. The third-order valence-electron chi connectivity index (χ3n) is 7.36. The van der Waals surface area contributed by atoms with Crippen LogP contribution in [-0.2, 0) is 12.7 Å². The lowest BCUT2D eigenvalue weighted by Crippen LogP contribution is -2.44. The van der Waals surface area contributed by atoms with Gasteiger partial charge >= 0.3 is 6.18 Å². The summed E-state index contributed by atoms with van der Waals surface area (Å²) in [6.07, 6.45) is 5.59. The van der Waals surface area contributed by atoms with Crippen molar-refractivity contribution < 1.29 is 22.7 Å². The standard InChI is InChI=1S/C29H32F3N5O2/c30-29(31,32)23-1-3-25(4-2-23)37-15-9-26(10-16-37)39-27-17-22(18-34-19-27)28(38)35-24-7-13-36(14-8-24)20-21-5-11-33-12-6-21/h1-6,11-12,17-19,24,26H,7-10,13-16,20H2,(H,35,38). The van der Waals surface area contributed by atoms with Crippen molar-refractivity contribution in [2.75, 3.05) is 31.1 Å². The van der Waals surface area contributed by atoms with Crippen LogP contribution in [0.5, 0.6) is 5.75 Å². The third-order valence-corrected chi connectivity index (χ3v) is 7.36. The fraction of sp³-hybridized carbons (Fsp3) is 0.414. The monoisotopic (exact) mass is 539 g/mol. The summed E-state index contributed by atoms with van der Waals surface area (Å²) in [4.78, 5) is 25.6. The Morgan fingerprint density at radius 2 is 1.62 bits per heavy atom. The molecule has 0 bridgehead atoms. The van der Waals surface area contributed by atoms with Crippen LogP contribution in [0.25, 0.3) is 0 Å². The third kappa shape index (κ3) is 7.26. The van der Waals surface area contributed by atoms with Crippen molar-refractivity contribution in [2.24, 2.45) is 0 Å². The lowest BCUT2D eigenvalue weighted by molar-refractivity contribution is -0.137. The second-order valence-electron chi connectivity index (χ2n) is 10.1. The van der Waals surface area contributed by atoms with Crippen molar-refractivity contribution in [3.8, 4) is 5.75 Å². The van der Waals surface area contributed by atoms with Crippen LogP contribution in [0, 0.1) is 0 Å². The molecule has 1 aromatic carbocycles. The summed E-state index contributed by atoms with van der Waals surface area (Å²) in [6.45, 7) is 4.06. The number of ether oxygens (including phenoxy) is 1. The first-order valence-electron chi connectivity index (χ1n) is 13.3. The normalized spacial score (nSPS) is 17.7. The molecule has 1 N–H and O–H groups in total. The summed E-state index contributed by atoms with van der Waals surface area (Å²) < 4.78 is 44.6. The Bertz CT molecular complexity index is 1220. The van der Waals surface area contributed by atoms with Crippen LogP contribution in [0.2, 0.25) is 0 Å². The summed E-state index contributed by atoms with van der Waals surface area (Å²) in [5, 5.41) is 3.14. The van der Waals surface area contributed by atoms with E-state index in [0.717, 1.165) is 63.1 Å². The Balaban J connectivity index is 1.08. The summed E-state index contributed by atoms with van der Waals surface area (Å²) in [5.41, 5.74) is 1.83. The van der Waals surface area contributed by atoms with Gasteiger partial charge < -0.3 is 15.0 Å². The number of carbonyl (C=O) groups excluding carboxylic acids is 1. The number of nitrogens with one attached hydrogen (secondary N) is 1. The average Bonchev–Trinajstić information content (AvgIpc) is 2.95. The van der Waals surface area contributed by atoms with Gasteiger partial charge in [-0.3, -0.25) is 19.7 Å². The average molecular weight is 540 g/mol. The predicted molar refractivity (Wildman–Crippen MR) is 142 cm³/mol. The zero-order chi connectivity index (χ0) is 27.2. The van der Waals surface area contributed by atoms with E-state index >= 15 is 0 Å². The number of piperidine rings is 2. The first-order valence-corrected chi connectivity index (χ1v) is 13.3. The second kappa shape index (κ2) is 12.0. The fourth-order valence-electron chi connectivity index (χ4n) is 5.14. The summed E-state index contributed by atoms with van der Waals surface area (Å²) >= 11 is 0. The van der Waals surface area contributed by atoms with Crippen LogP contribution in [0.1, 0.15) is 47.2 Å². The zero-order valence-electron chi connectivity index (χ0n) is 21.6. The van der Waals surface area contributed by atoms with Crippen LogP contribution < -0.4 is 15.0 Å². The number of hydrogen-bond acceptors (Lipinski definition) is 6. The van der Waals surface area contributed by atoms with E-state index in [1.807, 2.05) is 12.1 Å². The summed E-state index contributed by atoms with van der Waals surface area (Å²) in [6, 6.07) is 11.2. The predicted octanol–water partition coefficient (Wildman–Crippen LogP) is 4.94. The number of alkyl halides is 3. The van der Waals surface area contributed by atoms with Gasteiger partial charge in [-0.1, -0.05) is 0 Å². The highest BCUT2D eigenvalue weighted by atomic mass is 19.4. The lowest BCUT2D eigenvalue weighted by atomic mass is 10.0. The Morgan fingerprint density at radius 1 is 0.923 bits per heavy atom. The maximum Gasteiger partial charge on any atom is 0.416 e. The highest BCUT2D eigenvalue weighted by molar-refractivity contribution is 5.94. The molecule has 0 radical (unpaired) electrons. The first-order chi connectivity index (χ1) is 18.8. The van der Waals surface area contributed by atoms with E-state index in [4.69, 9.17) is 4.74 Å². The number of aromatic nitrogens is 2. The molecule has 206 valence electrons. The van der Waals surface area contributed by atoms with Crippen molar-refractivity contribution in [3.63, 3.8) is 0 Å². The molecule has 0 spiro atoms. The molecule has 2 saturated heterocycles. The van der Waals surface area contributed by atoms with Crippen LogP contribution in [0.3, 0.4) is 0 Å². The minimum atomic E-state index is -4.34. The van der Waals surface area contributed by atoms with E-state index in [1.165, 1.54) is 17.7 Å². The van der Waals surface area contributed by atoms with E-state index < -0.39 is 11.7 Å². The van der Waals surface area contributed by atoms with Gasteiger partial charge in [0.2, 0.25) is 0 Å². The van der Waals surface area contributed by atoms with Gasteiger partial charge in [-0.05, 0) is 60.9 Å². The van der Waals surface area contributed by atoms with Gasteiger partial charge in [0.15, 0.2) is 0 Å². The number of benzene rings is 1. The van der Waals surface area contributed by atoms with Gasteiger partial charge in [-0.15, -0.1) is 0 Å². The molecule has 4 heterocycles. The number of carbonyl (C=O) groups is 1. The van der Waals surface area contributed by atoms with Gasteiger partial charge in [0.05, 0.1) is 17.3 Å². The second-order valence-corrected chi connectivity index (χ2v) is 10.1. The molecule has 2 aromatic heterocycles. The molecule has 0 aliphatic carbocycles. The number of halogens is 3. The number of anilines is 1. The maximum atomic E-state index is 12.9. The molecule has 2 fully saturated rings. The van der Waals surface area contributed by atoms with E-state index in [0.29, 0.717) is 24.4 Å². The summed E-state index contributed by atoms with van der Waals surface area (Å²) in [7, 11) is 0. The molecular formula is C29H32F3N5O2. The van der Waals surface area contributed by atoms with Gasteiger partial charge in [0.25, 0.3) is 5.91 Å². The highest BCUT2D eigenvalue weighted by Crippen LogP contribution is 2.31. The number of amides is 1. The number of hydrogen-bond donors (Lipinski definition) is 1. The molecule has 2 aliphatic rings. The molecule has 0 saturated carbocycles. The molecule has 0 unspecified atom stereocenters. The quantitative estimate of drug-likeness (QED) is 0.459. The van der Waals surface area contributed by atoms with E-state index in [2.05, 4.69) is 25.1 Å². The zero-order valence-corrected chi connectivity index (χ0v) is 21.6. The number of rotatable bonds is 7. The molecule has 2 aliphatic heterocycles. The fourth-order valence-corrected chi connectivity index (χ4v) is 5.14. The number of likely N-dealkylation sites (tertiary alicyclic amines) is 1. The van der Waals surface area contributed by atoms with Gasteiger partial charge in [0.1, 0.15) is 11.9 Å². The van der Waals surface area contributed by atoms with Crippen molar-refractivity contribution in [2.45, 2.75) is 50.6 Å². The Kier molecular flexibility index (Phi) is 8.30. The maximum absolute atomic E-state index is 12.9. The number of pyridine rings is 2. The molecule has 7 nitrogen and oxygen atoms in total. The van der Waals surface area contributed by atoms with Gasteiger partial charge in [-0.2, -0.15) is 13.2 Å². The Hall–Kier alpha value is -3.66. The largest absolute Gasteiger partial charge is 0.489 e. The number of nitrogens with zero attached hydrogens (tertiary/aromatic N) is 4. The molecular weight excluding hydrogens is 507 g/mol. The smallest absolute Gasteiger partial charge is 0.416 e. The van der Waals surface area contributed by atoms with Crippen molar-refractivity contribution in [3.05, 3.63) is 83.9 Å². The van der Waals surface area contributed by atoms with Crippen molar-refractivity contribution >= 4 is 11.6 Å². The topological polar surface area (TPSA) is 70.6 Å². The molecule has 5 rings (SSSR count). The summed E-state index contributed by atoms with van der Waals surface area (Å²) in [5.74, 6) is 0.389. The SMILES string of the molecule is O=C(NC1CCN(Cc2ccncc2)CC1)c1cncc(OC2CCN(c3ccc(C(F)(F)F)cc3)CC2)c1. The lowest BCUT2D eigenvalue weighted by Gasteiger charge is -2.34. The van der Waals surface area contributed by atoms with Gasteiger partial charge in [0, 0.05) is 75.9 Å². The van der Waals surface area contributed by atoms with E-state index in [-0.39, 0.29) is 18.1 Å². The molecule has 39 heavy (non-hydrogen) atoms. The van der Waals surface area contributed by atoms with Crippen LogP contribution in [0.4, 0.5) is 18.9 Å². The Morgan fingerprint density at radius 3 is 2.28 bits per heavy atom. The van der Waals surface area contributed by atoms with Crippen molar-refractivity contribution in [1.82, 2.24) is 20.2 Å².